The number of ether oxygens (including phenoxy) is 1. The van der Waals surface area contributed by atoms with Crippen molar-refractivity contribution >= 4 is 20.0 Å². The normalized spacial score (nSPS) is 19.9. The van der Waals surface area contributed by atoms with E-state index in [-0.39, 0.29) is 23.3 Å². The molecular weight excluding hydrogens is 364 g/mol. The number of hydrogen-bond acceptors (Lipinski definition) is 5. The van der Waals surface area contributed by atoms with Crippen molar-refractivity contribution in [3.05, 3.63) is 28.8 Å². The van der Waals surface area contributed by atoms with Crippen LogP contribution in [0.25, 0.3) is 0 Å². The van der Waals surface area contributed by atoms with Gasteiger partial charge in [0.15, 0.2) is 0 Å². The summed E-state index contributed by atoms with van der Waals surface area (Å²) in [7, 11) is -7.28. The topological polar surface area (TPSA) is 92.8 Å². The molecule has 1 aliphatic rings. The summed E-state index contributed by atoms with van der Waals surface area (Å²) >= 11 is 0. The number of aryl methyl sites for hydroxylation is 3. The maximum absolute atomic E-state index is 12.6. The predicted molar refractivity (Wildman–Crippen MR) is 96.6 cm³/mol. The molecule has 0 radical (unpaired) electrons. The van der Waals surface area contributed by atoms with Crippen LogP contribution in [0.4, 0.5) is 0 Å². The Morgan fingerprint density at radius 3 is 2.32 bits per heavy atom. The molecule has 1 fully saturated rings. The van der Waals surface area contributed by atoms with E-state index >= 15 is 0 Å². The molecule has 0 saturated carbocycles. The lowest BCUT2D eigenvalue weighted by Gasteiger charge is -2.30. The van der Waals surface area contributed by atoms with Gasteiger partial charge in [0.1, 0.15) is 0 Å². The fourth-order valence-corrected chi connectivity index (χ4v) is 6.15. The zero-order valence-corrected chi connectivity index (χ0v) is 16.7. The summed E-state index contributed by atoms with van der Waals surface area (Å²) in [5.41, 5.74) is 2.28. The van der Waals surface area contributed by atoms with E-state index in [1.165, 1.54) is 4.31 Å². The Hall–Kier alpha value is -1.00. The Balaban J connectivity index is 2.06. The van der Waals surface area contributed by atoms with Gasteiger partial charge in [-0.15, -0.1) is 0 Å². The molecule has 1 aromatic rings. The minimum absolute atomic E-state index is 0.155. The molecule has 1 aromatic carbocycles. The highest BCUT2D eigenvalue weighted by atomic mass is 32.2. The van der Waals surface area contributed by atoms with Crippen LogP contribution in [-0.4, -0.2) is 59.2 Å². The molecule has 25 heavy (non-hydrogen) atoms. The van der Waals surface area contributed by atoms with Gasteiger partial charge in [-0.05, 0) is 38.8 Å². The molecule has 0 aliphatic carbocycles. The maximum atomic E-state index is 12.6. The van der Waals surface area contributed by atoms with Crippen molar-refractivity contribution in [1.29, 1.82) is 0 Å². The van der Waals surface area contributed by atoms with E-state index in [4.69, 9.17) is 4.74 Å². The number of morpholine rings is 1. The third-order valence-electron chi connectivity index (χ3n) is 4.12. The van der Waals surface area contributed by atoms with Gasteiger partial charge in [0, 0.05) is 19.6 Å². The molecule has 0 aromatic heterocycles. The van der Waals surface area contributed by atoms with Gasteiger partial charge in [-0.25, -0.2) is 21.6 Å². The minimum atomic E-state index is -3.76. The molecule has 1 atom stereocenters. The number of benzene rings is 1. The van der Waals surface area contributed by atoms with Crippen LogP contribution in [-0.2, 0) is 24.8 Å². The third kappa shape index (κ3) is 5.01. The van der Waals surface area contributed by atoms with Crippen molar-refractivity contribution in [1.82, 2.24) is 9.03 Å². The highest BCUT2D eigenvalue weighted by Gasteiger charge is 2.28. The number of rotatable bonds is 6. The van der Waals surface area contributed by atoms with Crippen molar-refractivity contribution in [3.63, 3.8) is 0 Å². The Morgan fingerprint density at radius 1 is 1.16 bits per heavy atom. The fraction of sp³-hybridized carbons (Fsp3) is 0.625. The van der Waals surface area contributed by atoms with Gasteiger partial charge >= 0.3 is 0 Å². The highest BCUT2D eigenvalue weighted by Crippen LogP contribution is 2.21. The molecule has 1 heterocycles. The van der Waals surface area contributed by atoms with E-state index in [0.717, 1.165) is 5.56 Å². The Bertz CT molecular complexity index is 811. The summed E-state index contributed by atoms with van der Waals surface area (Å²) < 4.78 is 59.0. The van der Waals surface area contributed by atoms with Crippen molar-refractivity contribution in [2.45, 2.75) is 38.7 Å². The fourth-order valence-electron chi connectivity index (χ4n) is 3.14. The summed E-state index contributed by atoms with van der Waals surface area (Å²) in [6.07, 6.45) is -0.155. The smallest absolute Gasteiger partial charge is 0.241 e. The van der Waals surface area contributed by atoms with E-state index in [2.05, 4.69) is 4.72 Å². The lowest BCUT2D eigenvalue weighted by Crippen LogP contribution is -2.46. The lowest BCUT2D eigenvalue weighted by molar-refractivity contribution is 0.0102. The molecule has 142 valence electrons. The van der Waals surface area contributed by atoms with Crippen molar-refractivity contribution in [2.75, 3.05) is 32.0 Å². The molecule has 0 bridgehead atoms. The first kappa shape index (κ1) is 20.3. The van der Waals surface area contributed by atoms with E-state index in [9.17, 15) is 16.8 Å². The number of sulfonamides is 2. The van der Waals surface area contributed by atoms with E-state index < -0.39 is 20.0 Å². The average molecular weight is 391 g/mol. The second-order valence-corrected chi connectivity index (χ2v) is 10.3. The second-order valence-electron chi connectivity index (χ2n) is 6.48. The van der Waals surface area contributed by atoms with Gasteiger partial charge in [0.2, 0.25) is 20.0 Å². The number of nitrogens with zero attached hydrogens (tertiary/aromatic N) is 1. The Morgan fingerprint density at radius 2 is 1.76 bits per heavy atom. The molecular formula is C16H26N2O5S2. The molecule has 1 N–H and O–H groups in total. The molecule has 1 unspecified atom stereocenters. The average Bonchev–Trinajstić information content (AvgIpc) is 2.45. The van der Waals surface area contributed by atoms with Crippen molar-refractivity contribution < 1.29 is 21.6 Å². The molecule has 2 rings (SSSR count). The first-order chi connectivity index (χ1) is 11.5. The highest BCUT2D eigenvalue weighted by molar-refractivity contribution is 7.90. The number of hydrogen-bond donors (Lipinski definition) is 1. The molecule has 1 saturated heterocycles. The molecule has 0 spiro atoms. The van der Waals surface area contributed by atoms with Gasteiger partial charge in [0.05, 0.1) is 23.4 Å². The molecule has 0 amide bonds. The van der Waals surface area contributed by atoms with Crippen LogP contribution in [0.5, 0.6) is 0 Å². The summed E-state index contributed by atoms with van der Waals surface area (Å²) in [5.74, 6) is -0.275. The van der Waals surface area contributed by atoms with E-state index in [1.54, 1.807) is 26.0 Å². The SMILES string of the molecule is Cc1cc(C)c(S(=O)(=O)NCCS(=O)(=O)N2CCOC(C)C2)c(C)c1. The monoisotopic (exact) mass is 390 g/mol. The standard InChI is InChI=1S/C16H26N2O5S2/c1-12-9-13(2)16(14(3)10-12)25(21,22)17-5-8-24(19,20)18-6-7-23-15(4)11-18/h9-10,15,17H,5-8,11H2,1-4H3. The van der Waals surface area contributed by atoms with E-state index in [0.29, 0.717) is 30.8 Å². The van der Waals surface area contributed by atoms with Crippen LogP contribution < -0.4 is 4.72 Å². The van der Waals surface area contributed by atoms with Crippen LogP contribution in [0.3, 0.4) is 0 Å². The third-order valence-corrected chi connectivity index (χ3v) is 7.73. The minimum Gasteiger partial charge on any atom is -0.376 e. The van der Waals surface area contributed by atoms with Crippen LogP contribution >= 0.6 is 0 Å². The second kappa shape index (κ2) is 7.71. The van der Waals surface area contributed by atoms with Crippen molar-refractivity contribution in [3.8, 4) is 0 Å². The Labute approximate surface area is 150 Å². The summed E-state index contributed by atoms with van der Waals surface area (Å²) in [5, 5.41) is 0. The quantitative estimate of drug-likeness (QED) is 0.780. The van der Waals surface area contributed by atoms with Crippen LogP contribution in [0, 0.1) is 20.8 Å². The van der Waals surface area contributed by atoms with Crippen LogP contribution in [0.1, 0.15) is 23.6 Å². The van der Waals surface area contributed by atoms with Gasteiger partial charge in [-0.2, -0.15) is 4.31 Å². The first-order valence-electron chi connectivity index (χ1n) is 8.20. The predicted octanol–water partition coefficient (Wildman–Crippen LogP) is 0.941. The van der Waals surface area contributed by atoms with Gasteiger partial charge in [-0.3, -0.25) is 0 Å². The maximum Gasteiger partial charge on any atom is 0.241 e. The number of nitrogens with one attached hydrogen (secondary N) is 1. The van der Waals surface area contributed by atoms with Crippen LogP contribution in [0.15, 0.2) is 17.0 Å². The largest absolute Gasteiger partial charge is 0.376 e. The zero-order valence-electron chi connectivity index (χ0n) is 15.1. The lowest BCUT2D eigenvalue weighted by atomic mass is 10.1. The van der Waals surface area contributed by atoms with Gasteiger partial charge in [0.25, 0.3) is 0 Å². The summed E-state index contributed by atoms with van der Waals surface area (Å²) in [6, 6.07) is 3.60. The van der Waals surface area contributed by atoms with E-state index in [1.807, 2.05) is 13.8 Å². The molecule has 9 heteroatoms. The summed E-state index contributed by atoms with van der Waals surface area (Å²) in [6.45, 7) is 7.98. The molecule has 7 nitrogen and oxygen atoms in total. The summed E-state index contributed by atoms with van der Waals surface area (Å²) in [4.78, 5) is 0.218. The van der Waals surface area contributed by atoms with Gasteiger partial charge in [-0.1, -0.05) is 17.7 Å². The Kier molecular flexibility index (Phi) is 6.26. The van der Waals surface area contributed by atoms with Crippen molar-refractivity contribution in [2.24, 2.45) is 0 Å². The van der Waals surface area contributed by atoms with Gasteiger partial charge < -0.3 is 4.74 Å². The first-order valence-corrected chi connectivity index (χ1v) is 11.3. The zero-order chi connectivity index (χ0) is 18.8. The molecule has 1 aliphatic heterocycles. The van der Waals surface area contributed by atoms with Crippen LogP contribution in [0.2, 0.25) is 0 Å².